The number of anilines is 2. The zero-order valence-corrected chi connectivity index (χ0v) is 10.8. The van der Waals surface area contributed by atoms with E-state index in [9.17, 15) is 22.4 Å². The summed E-state index contributed by atoms with van der Waals surface area (Å²) in [4.78, 5) is 12.8. The average molecular weight is 293 g/mol. The zero-order valence-electron chi connectivity index (χ0n) is 10.8. The van der Waals surface area contributed by atoms with E-state index in [0.717, 1.165) is 6.07 Å². The Morgan fingerprint density at radius 1 is 1.40 bits per heavy atom. The van der Waals surface area contributed by atoms with Gasteiger partial charge in [-0.05, 0) is 25.2 Å². The van der Waals surface area contributed by atoms with Gasteiger partial charge in [0.1, 0.15) is 5.82 Å². The van der Waals surface area contributed by atoms with Gasteiger partial charge in [0, 0.05) is 12.2 Å². The fourth-order valence-corrected chi connectivity index (χ4v) is 1.46. The summed E-state index contributed by atoms with van der Waals surface area (Å²) in [6, 6.07) is 3.65. The third kappa shape index (κ3) is 5.87. The molecule has 0 saturated heterocycles. The molecular formula is C12H15F4N3O. The summed E-state index contributed by atoms with van der Waals surface area (Å²) >= 11 is 0. The smallest absolute Gasteiger partial charge is 0.390 e. The zero-order chi connectivity index (χ0) is 15.3. The van der Waals surface area contributed by atoms with Crippen LogP contribution >= 0.6 is 0 Å². The van der Waals surface area contributed by atoms with Gasteiger partial charge in [-0.15, -0.1) is 0 Å². The summed E-state index contributed by atoms with van der Waals surface area (Å²) in [5.74, 6) is -1.11. The third-order valence-corrected chi connectivity index (χ3v) is 2.47. The second-order valence-electron chi connectivity index (χ2n) is 4.39. The van der Waals surface area contributed by atoms with Crippen LogP contribution < -0.4 is 11.1 Å². The van der Waals surface area contributed by atoms with Crippen LogP contribution in [0.5, 0.6) is 0 Å². The average Bonchev–Trinajstić information content (AvgIpc) is 2.30. The molecule has 1 aromatic carbocycles. The van der Waals surface area contributed by atoms with E-state index in [1.165, 1.54) is 24.1 Å². The van der Waals surface area contributed by atoms with Crippen molar-refractivity contribution in [2.24, 2.45) is 0 Å². The Morgan fingerprint density at radius 3 is 2.60 bits per heavy atom. The molecule has 0 aromatic heterocycles. The van der Waals surface area contributed by atoms with Gasteiger partial charge in [0.05, 0.1) is 18.7 Å². The highest BCUT2D eigenvalue weighted by atomic mass is 19.4. The number of alkyl halides is 3. The molecule has 8 heteroatoms. The third-order valence-electron chi connectivity index (χ3n) is 2.47. The van der Waals surface area contributed by atoms with Crippen molar-refractivity contribution in [3.05, 3.63) is 24.0 Å². The summed E-state index contributed by atoms with van der Waals surface area (Å²) in [6.45, 7) is -0.476. The highest BCUT2D eigenvalue weighted by molar-refractivity contribution is 5.92. The molecule has 0 bridgehead atoms. The van der Waals surface area contributed by atoms with Gasteiger partial charge in [0.2, 0.25) is 5.91 Å². The number of hydrogen-bond donors (Lipinski definition) is 2. The maximum atomic E-state index is 12.9. The number of halogens is 4. The molecule has 1 aromatic rings. The lowest BCUT2D eigenvalue weighted by Crippen LogP contribution is -2.32. The first-order valence-corrected chi connectivity index (χ1v) is 5.77. The van der Waals surface area contributed by atoms with Gasteiger partial charge >= 0.3 is 6.18 Å². The summed E-state index contributed by atoms with van der Waals surface area (Å²) < 4.78 is 48.9. The number of rotatable bonds is 5. The largest absolute Gasteiger partial charge is 0.396 e. The molecule has 1 rings (SSSR count). The molecule has 4 nitrogen and oxygen atoms in total. The number of nitrogens with zero attached hydrogens (tertiary/aromatic N) is 1. The van der Waals surface area contributed by atoms with E-state index >= 15 is 0 Å². The minimum Gasteiger partial charge on any atom is -0.396 e. The lowest BCUT2D eigenvalue weighted by molar-refractivity contribution is -0.138. The van der Waals surface area contributed by atoms with Gasteiger partial charge in [0.25, 0.3) is 0 Å². The van der Waals surface area contributed by atoms with Gasteiger partial charge in [-0.3, -0.25) is 9.69 Å². The van der Waals surface area contributed by atoms with E-state index in [-0.39, 0.29) is 24.5 Å². The van der Waals surface area contributed by atoms with Crippen molar-refractivity contribution >= 4 is 17.3 Å². The lowest BCUT2D eigenvalue weighted by atomic mass is 10.2. The van der Waals surface area contributed by atoms with Crippen LogP contribution in [0.4, 0.5) is 28.9 Å². The van der Waals surface area contributed by atoms with Crippen molar-refractivity contribution in [3.63, 3.8) is 0 Å². The van der Waals surface area contributed by atoms with Gasteiger partial charge < -0.3 is 11.1 Å². The van der Waals surface area contributed by atoms with Crippen molar-refractivity contribution in [1.29, 1.82) is 0 Å². The van der Waals surface area contributed by atoms with Gasteiger partial charge in [-0.2, -0.15) is 13.2 Å². The Balaban J connectivity index is 2.45. The number of hydrogen-bond acceptors (Lipinski definition) is 3. The fraction of sp³-hybridized carbons (Fsp3) is 0.417. The molecule has 3 N–H and O–H groups in total. The molecule has 1 amide bonds. The predicted octanol–water partition coefficient (Wildman–Crippen LogP) is 2.23. The van der Waals surface area contributed by atoms with E-state index < -0.39 is 24.3 Å². The van der Waals surface area contributed by atoms with Crippen LogP contribution in [0.2, 0.25) is 0 Å². The molecule has 0 aliphatic heterocycles. The normalized spacial score (nSPS) is 11.7. The molecular weight excluding hydrogens is 278 g/mol. The van der Waals surface area contributed by atoms with Crippen molar-refractivity contribution in [2.45, 2.75) is 12.6 Å². The van der Waals surface area contributed by atoms with Crippen LogP contribution in [0, 0.1) is 5.82 Å². The van der Waals surface area contributed by atoms with E-state index in [1.807, 2.05) is 0 Å². The van der Waals surface area contributed by atoms with Crippen molar-refractivity contribution in [1.82, 2.24) is 4.90 Å². The first-order valence-electron chi connectivity index (χ1n) is 5.77. The second-order valence-corrected chi connectivity index (χ2v) is 4.39. The van der Waals surface area contributed by atoms with Gasteiger partial charge in [0.15, 0.2) is 0 Å². The van der Waals surface area contributed by atoms with E-state index in [4.69, 9.17) is 5.73 Å². The Morgan fingerprint density at radius 2 is 2.05 bits per heavy atom. The number of benzene rings is 1. The monoisotopic (exact) mass is 293 g/mol. The van der Waals surface area contributed by atoms with E-state index in [0.29, 0.717) is 0 Å². The summed E-state index contributed by atoms with van der Waals surface area (Å²) in [5, 5.41) is 2.43. The van der Waals surface area contributed by atoms with Crippen molar-refractivity contribution in [2.75, 3.05) is 31.2 Å². The minimum absolute atomic E-state index is 0.117. The molecule has 0 heterocycles. The van der Waals surface area contributed by atoms with Crippen LogP contribution in [-0.2, 0) is 4.79 Å². The van der Waals surface area contributed by atoms with Crippen LogP contribution in [-0.4, -0.2) is 37.1 Å². The SMILES string of the molecule is CN(CCC(F)(F)F)CC(=O)Nc1ccc(F)c(N)c1. The number of nitrogens with one attached hydrogen (secondary N) is 1. The van der Waals surface area contributed by atoms with E-state index in [1.54, 1.807) is 0 Å². The van der Waals surface area contributed by atoms with Crippen molar-refractivity contribution < 1.29 is 22.4 Å². The highest BCUT2D eigenvalue weighted by Gasteiger charge is 2.27. The highest BCUT2D eigenvalue weighted by Crippen LogP contribution is 2.19. The Kier molecular flexibility index (Phi) is 5.32. The lowest BCUT2D eigenvalue weighted by Gasteiger charge is -2.17. The van der Waals surface area contributed by atoms with Crippen molar-refractivity contribution in [3.8, 4) is 0 Å². The standard InChI is InChI=1S/C12H15F4N3O/c1-19(5-4-12(14,15)16)7-11(20)18-8-2-3-9(13)10(17)6-8/h2-3,6H,4-5,7,17H2,1H3,(H,18,20). The molecule has 0 fully saturated rings. The molecule has 0 radical (unpaired) electrons. The Bertz CT molecular complexity index is 476. The molecule has 0 saturated carbocycles. The fourth-order valence-electron chi connectivity index (χ4n) is 1.46. The topological polar surface area (TPSA) is 58.4 Å². The van der Waals surface area contributed by atoms with Crippen LogP contribution in [0.15, 0.2) is 18.2 Å². The van der Waals surface area contributed by atoms with Crippen LogP contribution in [0.1, 0.15) is 6.42 Å². The molecule has 0 atom stereocenters. The minimum atomic E-state index is -4.25. The number of nitrogens with two attached hydrogens (primary N) is 1. The quantitative estimate of drug-likeness (QED) is 0.646. The molecule has 0 spiro atoms. The Hall–Kier alpha value is -1.83. The van der Waals surface area contributed by atoms with Crippen LogP contribution in [0.25, 0.3) is 0 Å². The number of carbonyl (C=O) groups is 1. The molecule has 0 unspecified atom stereocenters. The van der Waals surface area contributed by atoms with Gasteiger partial charge in [-0.1, -0.05) is 0 Å². The number of carbonyl (C=O) groups excluding carboxylic acids is 1. The molecule has 20 heavy (non-hydrogen) atoms. The molecule has 112 valence electrons. The predicted molar refractivity (Wildman–Crippen MR) is 67.6 cm³/mol. The van der Waals surface area contributed by atoms with E-state index in [2.05, 4.69) is 5.32 Å². The van der Waals surface area contributed by atoms with Crippen LogP contribution in [0.3, 0.4) is 0 Å². The molecule has 0 aliphatic carbocycles. The summed E-state index contributed by atoms with van der Waals surface area (Å²) in [5.41, 5.74) is 5.50. The Labute approximate surface area is 113 Å². The summed E-state index contributed by atoms with van der Waals surface area (Å²) in [7, 11) is 1.41. The summed E-state index contributed by atoms with van der Waals surface area (Å²) in [6.07, 6.45) is -5.24. The number of amides is 1. The van der Waals surface area contributed by atoms with Gasteiger partial charge in [-0.25, -0.2) is 4.39 Å². The maximum Gasteiger partial charge on any atom is 0.390 e. The molecule has 0 aliphatic rings. The first kappa shape index (κ1) is 16.2. The first-order chi connectivity index (χ1) is 9.17. The second kappa shape index (κ2) is 6.56. The number of nitrogen functional groups attached to an aromatic ring is 1. The number of likely N-dealkylation sites (N-methyl/N-ethyl adjacent to an activating group) is 1. The maximum absolute atomic E-state index is 12.9.